The number of hydrogen-bond donors (Lipinski definition) is 19. The van der Waals surface area contributed by atoms with E-state index in [1.165, 1.54) is 44.4 Å². The lowest BCUT2D eigenvalue weighted by Crippen LogP contribution is -2.63. The van der Waals surface area contributed by atoms with Crippen molar-refractivity contribution in [2.24, 2.45) is 23.1 Å². The lowest BCUT2D eigenvalue weighted by atomic mass is 9.97. The number of benzene rings is 4. The summed E-state index contributed by atoms with van der Waals surface area (Å²) in [6.07, 6.45) is 0.282. The number of para-hydroxylation sites is 2. The topological polar surface area (TPSA) is 587 Å². The molecule has 22 N–H and O–H groups in total. The number of aromatic nitrogens is 4. The van der Waals surface area contributed by atoms with Gasteiger partial charge < -0.3 is 106 Å². The van der Waals surface area contributed by atoms with Gasteiger partial charge in [0.25, 0.3) is 0 Å². The molecule has 3 aromatic heterocycles. The molecular weight excluding hydrogens is 1530 g/mol. The maximum Gasteiger partial charge on any atom is 0.305 e. The van der Waals surface area contributed by atoms with E-state index in [9.17, 15) is 63.0 Å². The number of imidazole rings is 1. The van der Waals surface area contributed by atoms with Gasteiger partial charge in [-0.1, -0.05) is 121 Å². The van der Waals surface area contributed by atoms with Crippen molar-refractivity contribution in [2.75, 3.05) is 18.1 Å². The first-order valence-electron chi connectivity index (χ1n) is 37.0. The van der Waals surface area contributed by atoms with Crippen LogP contribution in [0.3, 0.4) is 0 Å². The third-order valence-electron chi connectivity index (χ3n) is 19.6. The molecule has 4 aromatic carbocycles. The number of carboxylic acids is 1. The zero-order chi connectivity index (χ0) is 83.3. The van der Waals surface area contributed by atoms with Crippen LogP contribution >= 0.6 is 21.6 Å². The van der Waals surface area contributed by atoms with Crippen molar-refractivity contribution in [2.45, 2.75) is 171 Å². The predicted molar refractivity (Wildman–Crippen MR) is 421 cm³/mol. The van der Waals surface area contributed by atoms with Gasteiger partial charge in [-0.15, -0.1) is 0 Å². The molecule has 115 heavy (non-hydrogen) atoms. The first kappa shape index (κ1) is 86.6. The molecule has 2 saturated heterocycles. The van der Waals surface area contributed by atoms with E-state index in [1.54, 1.807) is 67.7 Å². The number of carbonyl (C=O) groups is 16. The summed E-state index contributed by atoms with van der Waals surface area (Å²) in [5.74, 6) is -20.2. The van der Waals surface area contributed by atoms with Gasteiger partial charge in [-0.25, -0.2) is 4.98 Å². The van der Waals surface area contributed by atoms with Crippen LogP contribution < -0.4 is 75.7 Å². The van der Waals surface area contributed by atoms with Crippen LogP contribution in [0.15, 0.2) is 116 Å². The molecule has 2 aliphatic heterocycles. The summed E-state index contributed by atoms with van der Waals surface area (Å²) in [4.78, 5) is 242. The summed E-state index contributed by atoms with van der Waals surface area (Å²) >= 11 is 0. The van der Waals surface area contributed by atoms with Crippen molar-refractivity contribution in [3.8, 4) is 0 Å². The van der Waals surface area contributed by atoms with Crippen LogP contribution in [0.5, 0.6) is 0 Å². The van der Waals surface area contributed by atoms with Gasteiger partial charge in [-0.3, -0.25) is 76.7 Å². The second-order valence-corrected chi connectivity index (χ2v) is 30.8. The minimum Gasteiger partial charge on any atom is -0.481 e. The Kier molecular flexibility index (Phi) is 30.4. The van der Waals surface area contributed by atoms with Gasteiger partial charge in [0.05, 0.1) is 31.7 Å². The van der Waals surface area contributed by atoms with E-state index in [0.29, 0.717) is 55.7 Å². The number of carbonyl (C=O) groups excluding carboxylic acids is 15. The van der Waals surface area contributed by atoms with Crippen LogP contribution in [0.4, 0.5) is 0 Å². The number of aliphatic carboxylic acids is 1. The van der Waals surface area contributed by atoms with E-state index >= 15 is 24.0 Å². The molecule has 0 unspecified atom stereocenters. The molecular formula is C76H93N19O18S2. The highest BCUT2D eigenvalue weighted by atomic mass is 33.1. The van der Waals surface area contributed by atoms with Crippen LogP contribution in [0.1, 0.15) is 88.6 Å². The zero-order valence-electron chi connectivity index (χ0n) is 63.1. The highest BCUT2D eigenvalue weighted by Crippen LogP contribution is 2.27. The second kappa shape index (κ2) is 40.4. The predicted octanol–water partition coefficient (Wildman–Crippen LogP) is -2.33. The number of aliphatic hydroxyl groups is 1. The lowest BCUT2D eigenvalue weighted by molar-refractivity contribution is -0.142. The summed E-state index contributed by atoms with van der Waals surface area (Å²) in [6.45, 7) is 5.59. The third-order valence-corrected chi connectivity index (χ3v) is 22.1. The molecule has 0 saturated carbocycles. The number of nitrogens with zero attached hydrogens (tertiary/aromatic N) is 2. The number of aliphatic hydroxyl groups excluding tert-OH is 1. The van der Waals surface area contributed by atoms with Crippen molar-refractivity contribution in [1.29, 1.82) is 0 Å². The van der Waals surface area contributed by atoms with E-state index in [1.807, 2.05) is 36.4 Å². The van der Waals surface area contributed by atoms with Crippen molar-refractivity contribution in [3.05, 3.63) is 138 Å². The Bertz CT molecular complexity index is 4790. The molecule has 5 heterocycles. The largest absolute Gasteiger partial charge is 0.481 e. The van der Waals surface area contributed by atoms with Crippen molar-refractivity contribution < 1.29 is 86.9 Å². The van der Waals surface area contributed by atoms with E-state index in [0.717, 1.165) is 21.6 Å². The Labute approximate surface area is 665 Å². The molecule has 0 aliphatic carbocycles. The molecule has 0 spiro atoms. The Morgan fingerprint density at radius 1 is 0.583 bits per heavy atom. The summed E-state index contributed by atoms with van der Waals surface area (Å²) in [5.41, 5.74) is 20.1. The number of nitrogens with one attached hydrogen (secondary N) is 14. The van der Waals surface area contributed by atoms with Crippen LogP contribution in [0, 0.1) is 5.92 Å². The maximum absolute atomic E-state index is 15.3. The summed E-state index contributed by atoms with van der Waals surface area (Å²) in [5, 5.41) is 52.0. The van der Waals surface area contributed by atoms with E-state index in [4.69, 9.17) is 17.2 Å². The van der Waals surface area contributed by atoms with Crippen LogP contribution in [0.25, 0.3) is 32.6 Å². The van der Waals surface area contributed by atoms with Crippen LogP contribution in [-0.4, -0.2) is 226 Å². The Morgan fingerprint density at radius 2 is 1.13 bits per heavy atom. The van der Waals surface area contributed by atoms with Crippen LogP contribution in [0.2, 0.25) is 0 Å². The highest BCUT2D eigenvalue weighted by Gasteiger charge is 2.42. The normalized spacial score (nSPS) is 21.2. The summed E-state index contributed by atoms with van der Waals surface area (Å²) in [6, 6.07) is 5.69. The van der Waals surface area contributed by atoms with Gasteiger partial charge in [0.2, 0.25) is 88.6 Å². The van der Waals surface area contributed by atoms with Gasteiger partial charge in [-0.05, 0) is 65.3 Å². The lowest BCUT2D eigenvalue weighted by Gasteiger charge is -2.30. The minimum atomic E-state index is -2.10. The Hall–Kier alpha value is -12.4. The number of H-pyrrole nitrogens is 3. The SMILES string of the molecule is CC[C@H](C)[C@H](NC(=O)[C@@H](NC(=O)[C@H](Cc1ccc2ccccc2c1)NC(C)=O)[C@@H](C)O)C(=O)N[C@H]1CSSC[C@@H](C(=O)N[C@@H](Cc2c[nH]c3ccccc23)C(=O)N2CCC[C@H]2C(N)=O)NC(=O)[C@H](CC(=O)O)NC(=O)[C@H](Cc2cnc[nH]2)NC(=O)[C@H](Cc2c[nH]c3ccccc23)NC(=O)[C@H](CC(N)=O)NC(=O)[C@H](CC(N)=O)NC1=O. The number of nitrogens with two attached hydrogens (primary N) is 3. The van der Waals surface area contributed by atoms with Crippen molar-refractivity contribution >= 4 is 149 Å². The van der Waals surface area contributed by atoms with Crippen molar-refractivity contribution in [1.82, 2.24) is 83.3 Å². The zero-order valence-corrected chi connectivity index (χ0v) is 64.7. The van der Waals surface area contributed by atoms with Crippen molar-refractivity contribution in [3.63, 3.8) is 0 Å². The molecule has 2 fully saturated rings. The molecule has 2 aliphatic rings. The standard InChI is InChI=1S/C76H93N19O18S2/c1-5-37(2)63(93-75(112)64(38(3)96)94-71(108)50(84-39(4)97)24-40-20-21-41-13-6-7-14-42(41)23-40)74(111)92-58-35-115-114-34-57(73(110)90-56(76(113)95-22-12-19-59(95)65(79)102)26-44-32-82-49-18-11-9-16-47(44)49)91-70(107)55(30-62(100)101)89-67(104)52(27-45-33-80-36-83-45)86-66(103)51(25-43-31-81-48-17-10-8-15-46(43)48)85-68(105)53(28-60(77)98)87-69(106)54(29-61(78)99)88-72(58)109/h6-11,13-18,20-21,23,31-33,36-38,50-59,63-64,81-82,96H,5,12,19,22,24-30,34-35H2,1-4H3,(H2,77,98)(H2,78,99)(H2,79,102)(H,80,83)(H,84,97)(H,85,105)(H,86,103)(H,87,106)(H,88,109)(H,89,104)(H,90,110)(H,91,107)(H,92,111)(H,93,112)(H,94,108)(H,100,101)/t37-,38+,50-,51-,52-,53-,54-,55-,56-,57-,58-,59-,63-,64-/m0/s1. The fourth-order valence-electron chi connectivity index (χ4n) is 13.4. The quantitative estimate of drug-likeness (QED) is 0.0229. The van der Waals surface area contributed by atoms with Crippen LogP contribution in [-0.2, 0) is 102 Å². The molecule has 7 aromatic rings. The van der Waals surface area contributed by atoms with E-state index in [2.05, 4.69) is 78.4 Å². The maximum atomic E-state index is 15.3. The molecule has 14 atom stereocenters. The summed E-state index contributed by atoms with van der Waals surface area (Å²) in [7, 11) is 1.43. The summed E-state index contributed by atoms with van der Waals surface area (Å²) < 4.78 is 0. The number of fused-ring (bicyclic) bond motifs is 3. The Balaban J connectivity index is 1.09. The highest BCUT2D eigenvalue weighted by molar-refractivity contribution is 8.76. The van der Waals surface area contributed by atoms with Gasteiger partial charge in [0.15, 0.2) is 0 Å². The molecule has 0 bridgehead atoms. The fraction of sp³-hybridized carbons (Fsp3) is 0.408. The number of likely N-dealkylation sites (tertiary alicyclic amines) is 1. The number of rotatable bonds is 28. The van der Waals surface area contributed by atoms with E-state index in [-0.39, 0.29) is 37.9 Å². The third kappa shape index (κ3) is 23.8. The fourth-order valence-corrected chi connectivity index (χ4v) is 15.8. The van der Waals surface area contributed by atoms with Gasteiger partial charge in [0, 0.05) is 96.7 Å². The molecule has 37 nitrogen and oxygen atoms in total. The van der Waals surface area contributed by atoms with E-state index < -0.39 is 223 Å². The molecule has 9 rings (SSSR count). The van der Waals surface area contributed by atoms with Gasteiger partial charge in [0.1, 0.15) is 72.5 Å². The Morgan fingerprint density at radius 3 is 1.72 bits per heavy atom. The number of primary amides is 3. The molecule has 39 heteroatoms. The number of hydrogen-bond acceptors (Lipinski definition) is 20. The first-order chi connectivity index (χ1) is 54.8. The molecule has 612 valence electrons. The first-order valence-corrected chi connectivity index (χ1v) is 39.5. The minimum absolute atomic E-state index is 0.0482. The smallest absolute Gasteiger partial charge is 0.305 e. The number of carboxylic acid groups (broad SMARTS) is 1. The average Bonchev–Trinajstić information content (AvgIpc) is 1.67. The molecule has 0 radical (unpaired) electrons. The molecule has 15 amide bonds. The van der Waals surface area contributed by atoms with Gasteiger partial charge >= 0.3 is 5.97 Å². The number of aromatic amines is 3. The monoisotopic (exact) mass is 1620 g/mol. The number of amides is 15. The second-order valence-electron chi connectivity index (χ2n) is 28.2. The average molecular weight is 1620 g/mol. The van der Waals surface area contributed by atoms with Gasteiger partial charge in [-0.2, -0.15) is 0 Å².